The van der Waals surface area contributed by atoms with Crippen LogP contribution in [0.25, 0.3) is 0 Å². The maximum absolute atomic E-state index is 4.03. The predicted molar refractivity (Wildman–Crippen MR) is 76.8 cm³/mol. The third kappa shape index (κ3) is 2.91. The van der Waals surface area contributed by atoms with E-state index in [-0.39, 0.29) is 0 Å². The smallest absolute Gasteiger partial charge is 0.0111 e. The number of piperidine rings is 1. The Balaban J connectivity index is 1.52. The van der Waals surface area contributed by atoms with E-state index in [1.54, 1.807) is 0 Å². The van der Waals surface area contributed by atoms with Crippen molar-refractivity contribution in [1.29, 1.82) is 0 Å². The molecule has 0 bridgehead atoms. The molecule has 2 saturated heterocycles. The molecule has 2 nitrogen and oxygen atoms in total. The largest absolute Gasteiger partial charge is 0.311 e. The van der Waals surface area contributed by atoms with Gasteiger partial charge in [-0.05, 0) is 57.5 Å². The van der Waals surface area contributed by atoms with Crippen LogP contribution in [0.15, 0.2) is 0 Å². The highest BCUT2D eigenvalue weighted by Crippen LogP contribution is 2.29. The van der Waals surface area contributed by atoms with Crippen LogP contribution < -0.4 is 5.32 Å². The van der Waals surface area contributed by atoms with Crippen molar-refractivity contribution in [3.63, 3.8) is 0 Å². The second-order valence-electron chi connectivity index (χ2n) is 6.94. The van der Waals surface area contributed by atoms with E-state index in [1.807, 2.05) is 0 Å². The molecule has 2 heteroatoms. The van der Waals surface area contributed by atoms with E-state index >= 15 is 0 Å². The first-order valence-corrected chi connectivity index (χ1v) is 8.33. The van der Waals surface area contributed by atoms with Gasteiger partial charge in [-0.25, -0.2) is 0 Å². The molecule has 0 radical (unpaired) electrons. The summed E-state index contributed by atoms with van der Waals surface area (Å²) in [5.74, 6) is 0.897. The van der Waals surface area contributed by atoms with Crippen molar-refractivity contribution in [3.05, 3.63) is 0 Å². The third-order valence-corrected chi connectivity index (χ3v) is 5.63. The van der Waals surface area contributed by atoms with Crippen molar-refractivity contribution in [2.45, 2.75) is 82.8 Å². The van der Waals surface area contributed by atoms with Crippen LogP contribution in [-0.2, 0) is 0 Å². The lowest BCUT2D eigenvalue weighted by Gasteiger charge is -2.38. The monoisotopic (exact) mass is 250 g/mol. The van der Waals surface area contributed by atoms with Crippen molar-refractivity contribution in [2.75, 3.05) is 13.1 Å². The molecule has 2 heterocycles. The van der Waals surface area contributed by atoms with Crippen molar-refractivity contribution < 1.29 is 0 Å². The zero-order valence-electron chi connectivity index (χ0n) is 12.0. The lowest BCUT2D eigenvalue weighted by atomic mass is 9.92. The fraction of sp³-hybridized carbons (Fsp3) is 1.00. The average Bonchev–Trinajstić information content (AvgIpc) is 2.75. The molecule has 4 unspecified atom stereocenters. The molecule has 2 aliphatic heterocycles. The molecule has 0 amide bonds. The number of nitrogens with zero attached hydrogens (tertiary/aromatic N) is 1. The zero-order valence-corrected chi connectivity index (χ0v) is 12.0. The van der Waals surface area contributed by atoms with Crippen LogP contribution in [0.5, 0.6) is 0 Å². The fourth-order valence-electron chi connectivity index (χ4n) is 4.42. The van der Waals surface area contributed by atoms with E-state index in [4.69, 9.17) is 0 Å². The summed E-state index contributed by atoms with van der Waals surface area (Å²) < 4.78 is 0. The Morgan fingerprint density at radius 1 is 0.889 bits per heavy atom. The standard InChI is InChI=1S/C16H30N2/c1-13-6-3-2-4-8-16(13)17-14-9-11-18-10-5-7-15(18)12-14/h13-17H,2-12H2,1H3. The molecule has 0 aromatic heterocycles. The van der Waals surface area contributed by atoms with Gasteiger partial charge < -0.3 is 10.2 Å². The molecule has 1 N–H and O–H groups in total. The van der Waals surface area contributed by atoms with Gasteiger partial charge in [0.25, 0.3) is 0 Å². The van der Waals surface area contributed by atoms with Crippen molar-refractivity contribution in [2.24, 2.45) is 5.92 Å². The molecular formula is C16H30N2. The molecule has 4 atom stereocenters. The highest BCUT2D eigenvalue weighted by atomic mass is 15.2. The first-order chi connectivity index (χ1) is 8.83. The van der Waals surface area contributed by atoms with E-state index in [0.717, 1.165) is 24.0 Å². The molecule has 0 spiro atoms. The molecule has 0 aromatic rings. The Morgan fingerprint density at radius 2 is 1.78 bits per heavy atom. The van der Waals surface area contributed by atoms with E-state index in [0.29, 0.717) is 0 Å². The summed E-state index contributed by atoms with van der Waals surface area (Å²) in [6.07, 6.45) is 12.9. The first-order valence-electron chi connectivity index (χ1n) is 8.33. The van der Waals surface area contributed by atoms with Crippen LogP contribution in [0.2, 0.25) is 0 Å². The zero-order chi connectivity index (χ0) is 12.4. The summed E-state index contributed by atoms with van der Waals surface area (Å²) >= 11 is 0. The van der Waals surface area contributed by atoms with E-state index in [9.17, 15) is 0 Å². The Kier molecular flexibility index (Phi) is 4.25. The number of hydrogen-bond acceptors (Lipinski definition) is 2. The molecule has 104 valence electrons. The van der Waals surface area contributed by atoms with Crippen molar-refractivity contribution in [3.8, 4) is 0 Å². The van der Waals surface area contributed by atoms with Crippen LogP contribution in [0.1, 0.15) is 64.7 Å². The van der Waals surface area contributed by atoms with Gasteiger partial charge >= 0.3 is 0 Å². The van der Waals surface area contributed by atoms with Gasteiger partial charge in [-0.15, -0.1) is 0 Å². The van der Waals surface area contributed by atoms with Crippen LogP contribution >= 0.6 is 0 Å². The first kappa shape index (κ1) is 12.9. The summed E-state index contributed by atoms with van der Waals surface area (Å²) in [6, 6.07) is 2.54. The lowest BCUT2D eigenvalue weighted by molar-refractivity contribution is 0.153. The summed E-state index contributed by atoms with van der Waals surface area (Å²) in [4.78, 5) is 2.73. The summed E-state index contributed by atoms with van der Waals surface area (Å²) in [7, 11) is 0. The number of hydrogen-bond donors (Lipinski definition) is 1. The molecular weight excluding hydrogens is 220 g/mol. The minimum absolute atomic E-state index is 0.811. The number of nitrogens with one attached hydrogen (secondary N) is 1. The second-order valence-corrected chi connectivity index (χ2v) is 6.94. The van der Waals surface area contributed by atoms with E-state index in [2.05, 4.69) is 17.1 Å². The Hall–Kier alpha value is -0.0800. The van der Waals surface area contributed by atoms with Gasteiger partial charge in [0.2, 0.25) is 0 Å². The normalized spacial score (nSPS) is 42.5. The molecule has 3 rings (SSSR count). The molecule has 0 aromatic carbocycles. The van der Waals surface area contributed by atoms with Crippen LogP contribution in [0.3, 0.4) is 0 Å². The van der Waals surface area contributed by atoms with Crippen molar-refractivity contribution in [1.82, 2.24) is 10.2 Å². The maximum Gasteiger partial charge on any atom is 0.0111 e. The minimum Gasteiger partial charge on any atom is -0.311 e. The SMILES string of the molecule is CC1CCCCCC1NC1CCN2CCCC2C1. The quantitative estimate of drug-likeness (QED) is 0.757. The molecule has 3 fully saturated rings. The van der Waals surface area contributed by atoms with Gasteiger partial charge in [-0.1, -0.05) is 26.2 Å². The topological polar surface area (TPSA) is 15.3 Å². The van der Waals surface area contributed by atoms with Crippen LogP contribution in [0.4, 0.5) is 0 Å². The van der Waals surface area contributed by atoms with Gasteiger partial charge in [-0.2, -0.15) is 0 Å². The van der Waals surface area contributed by atoms with Gasteiger partial charge in [0.05, 0.1) is 0 Å². The molecule has 1 aliphatic carbocycles. The van der Waals surface area contributed by atoms with Gasteiger partial charge in [0.15, 0.2) is 0 Å². The summed E-state index contributed by atoms with van der Waals surface area (Å²) in [5.41, 5.74) is 0. The molecule has 3 aliphatic rings. The predicted octanol–water partition coefficient (Wildman–Crippen LogP) is 3.17. The highest BCUT2D eigenvalue weighted by molar-refractivity contribution is 4.91. The molecule has 18 heavy (non-hydrogen) atoms. The van der Waals surface area contributed by atoms with Crippen LogP contribution in [-0.4, -0.2) is 36.1 Å². The van der Waals surface area contributed by atoms with E-state index < -0.39 is 0 Å². The van der Waals surface area contributed by atoms with Gasteiger partial charge in [0, 0.05) is 18.1 Å². The molecule has 1 saturated carbocycles. The second kappa shape index (κ2) is 5.92. The number of fused-ring (bicyclic) bond motifs is 1. The number of rotatable bonds is 2. The Labute approximate surface area is 113 Å². The van der Waals surface area contributed by atoms with Gasteiger partial charge in [-0.3, -0.25) is 0 Å². The van der Waals surface area contributed by atoms with E-state index in [1.165, 1.54) is 70.9 Å². The Morgan fingerprint density at radius 3 is 2.72 bits per heavy atom. The fourth-order valence-corrected chi connectivity index (χ4v) is 4.42. The third-order valence-electron chi connectivity index (χ3n) is 5.63. The van der Waals surface area contributed by atoms with Crippen LogP contribution in [0, 0.1) is 5.92 Å². The van der Waals surface area contributed by atoms with Crippen molar-refractivity contribution >= 4 is 0 Å². The lowest BCUT2D eigenvalue weighted by Crippen LogP contribution is -2.49. The average molecular weight is 250 g/mol. The maximum atomic E-state index is 4.03. The minimum atomic E-state index is 0.811. The Bertz CT molecular complexity index is 266. The van der Waals surface area contributed by atoms with Gasteiger partial charge in [0.1, 0.15) is 0 Å². The highest BCUT2D eigenvalue weighted by Gasteiger charge is 2.33. The summed E-state index contributed by atoms with van der Waals surface area (Å²) in [5, 5.41) is 4.03. The summed E-state index contributed by atoms with van der Waals surface area (Å²) in [6.45, 7) is 5.19.